The second-order valence-electron chi connectivity index (χ2n) is 5.71. The van der Waals surface area contributed by atoms with Crippen molar-refractivity contribution in [1.82, 2.24) is 4.98 Å². The Morgan fingerprint density at radius 1 is 1.40 bits per heavy atom. The van der Waals surface area contributed by atoms with Gasteiger partial charge in [0.1, 0.15) is 11.6 Å². The number of nitrogens with zero attached hydrogens (tertiary/aromatic N) is 3. The molecule has 2 heterocycles. The van der Waals surface area contributed by atoms with E-state index >= 15 is 0 Å². The predicted octanol–water partition coefficient (Wildman–Crippen LogP) is 2.90. The van der Waals surface area contributed by atoms with Crippen molar-refractivity contribution in [3.63, 3.8) is 0 Å². The van der Waals surface area contributed by atoms with Gasteiger partial charge < -0.3 is 10.2 Å². The molecule has 1 fully saturated rings. The highest BCUT2D eigenvalue weighted by Crippen LogP contribution is 2.28. The Balaban J connectivity index is 2.31. The maximum Gasteiger partial charge on any atom is 0.276 e. The van der Waals surface area contributed by atoms with Crippen LogP contribution in [0.2, 0.25) is 0 Å². The third-order valence-electron chi connectivity index (χ3n) is 3.56. The number of piperidine rings is 1. The average molecular weight is 278 g/mol. The van der Waals surface area contributed by atoms with E-state index in [4.69, 9.17) is 0 Å². The minimum atomic E-state index is -0.358. The van der Waals surface area contributed by atoms with Crippen LogP contribution in [0.1, 0.15) is 27.2 Å². The number of hydrogen-bond donors (Lipinski definition) is 1. The van der Waals surface area contributed by atoms with Crippen LogP contribution in [0.25, 0.3) is 0 Å². The molecule has 6 heteroatoms. The third-order valence-corrected chi connectivity index (χ3v) is 3.56. The smallest absolute Gasteiger partial charge is 0.276 e. The number of anilines is 2. The van der Waals surface area contributed by atoms with Crippen LogP contribution in [-0.2, 0) is 0 Å². The summed E-state index contributed by atoms with van der Waals surface area (Å²) in [6.45, 7) is 8.89. The molecule has 2 atom stereocenters. The number of nitro groups is 1. The summed E-state index contributed by atoms with van der Waals surface area (Å²) in [5.74, 6) is 2.45. The van der Waals surface area contributed by atoms with E-state index in [1.165, 1.54) is 12.5 Å². The molecule has 1 aromatic heterocycles. The topological polar surface area (TPSA) is 71.3 Å². The molecule has 1 aromatic rings. The second kappa shape index (κ2) is 6.07. The standard InChI is InChI=1S/C14H22N4O2/c1-4-15-13-6-12(18(19)20)7-14(16-13)17-8-10(2)5-11(3)9-17/h6-7,10-11H,4-5,8-9H2,1-3H3,(H,15,16). The summed E-state index contributed by atoms with van der Waals surface area (Å²) in [6.07, 6.45) is 1.20. The maximum atomic E-state index is 11.1. The Morgan fingerprint density at radius 2 is 2.05 bits per heavy atom. The lowest BCUT2D eigenvalue weighted by Crippen LogP contribution is -2.39. The lowest BCUT2D eigenvalue weighted by Gasteiger charge is -2.35. The SMILES string of the molecule is CCNc1cc([N+](=O)[O-])cc(N2CC(C)CC(C)C2)n1. The van der Waals surface area contributed by atoms with E-state index in [1.54, 1.807) is 6.07 Å². The fraction of sp³-hybridized carbons (Fsp3) is 0.643. The minimum Gasteiger partial charge on any atom is -0.370 e. The monoisotopic (exact) mass is 278 g/mol. The van der Waals surface area contributed by atoms with Crippen LogP contribution < -0.4 is 10.2 Å². The second-order valence-corrected chi connectivity index (χ2v) is 5.71. The zero-order valence-corrected chi connectivity index (χ0v) is 12.3. The molecule has 6 nitrogen and oxygen atoms in total. The number of nitrogens with one attached hydrogen (secondary N) is 1. The Morgan fingerprint density at radius 3 is 2.60 bits per heavy atom. The van der Waals surface area contributed by atoms with Crippen molar-refractivity contribution in [2.75, 3.05) is 29.9 Å². The highest BCUT2D eigenvalue weighted by molar-refractivity contribution is 5.56. The first kappa shape index (κ1) is 14.6. The van der Waals surface area contributed by atoms with Gasteiger partial charge in [-0.15, -0.1) is 0 Å². The van der Waals surface area contributed by atoms with Crippen LogP contribution in [0.15, 0.2) is 12.1 Å². The van der Waals surface area contributed by atoms with Gasteiger partial charge in [0, 0.05) is 19.6 Å². The van der Waals surface area contributed by atoms with Crippen molar-refractivity contribution in [2.24, 2.45) is 11.8 Å². The molecule has 20 heavy (non-hydrogen) atoms. The number of pyridine rings is 1. The highest BCUT2D eigenvalue weighted by atomic mass is 16.6. The first-order valence-electron chi connectivity index (χ1n) is 7.15. The molecule has 0 radical (unpaired) electrons. The zero-order chi connectivity index (χ0) is 14.7. The van der Waals surface area contributed by atoms with E-state index in [1.807, 2.05) is 6.92 Å². The molecule has 0 saturated carbocycles. The molecule has 2 rings (SSSR count). The summed E-state index contributed by atoms with van der Waals surface area (Å²) >= 11 is 0. The van der Waals surface area contributed by atoms with Crippen molar-refractivity contribution in [2.45, 2.75) is 27.2 Å². The Bertz CT molecular complexity index is 482. The van der Waals surface area contributed by atoms with E-state index < -0.39 is 0 Å². The molecule has 2 unspecified atom stereocenters. The van der Waals surface area contributed by atoms with Crippen LogP contribution in [0.3, 0.4) is 0 Å². The summed E-state index contributed by atoms with van der Waals surface area (Å²) < 4.78 is 0. The summed E-state index contributed by atoms with van der Waals surface area (Å²) in [4.78, 5) is 17.4. The molecule has 0 spiro atoms. The summed E-state index contributed by atoms with van der Waals surface area (Å²) in [5.41, 5.74) is 0.0943. The van der Waals surface area contributed by atoms with Gasteiger partial charge in [-0.3, -0.25) is 10.1 Å². The van der Waals surface area contributed by atoms with Crippen molar-refractivity contribution in [1.29, 1.82) is 0 Å². The largest absolute Gasteiger partial charge is 0.370 e. The van der Waals surface area contributed by atoms with Crippen LogP contribution in [-0.4, -0.2) is 29.5 Å². The molecule has 1 aliphatic heterocycles. The van der Waals surface area contributed by atoms with Gasteiger partial charge in [0.15, 0.2) is 0 Å². The molecular formula is C14H22N4O2. The highest BCUT2D eigenvalue weighted by Gasteiger charge is 2.24. The van der Waals surface area contributed by atoms with Gasteiger partial charge in [-0.25, -0.2) is 4.98 Å². The number of aromatic nitrogens is 1. The summed E-state index contributed by atoms with van der Waals surface area (Å²) in [5, 5.41) is 14.1. The van der Waals surface area contributed by atoms with Crippen LogP contribution in [0.5, 0.6) is 0 Å². The van der Waals surface area contributed by atoms with Gasteiger partial charge in [0.25, 0.3) is 5.69 Å². The number of hydrogen-bond acceptors (Lipinski definition) is 5. The summed E-state index contributed by atoms with van der Waals surface area (Å²) in [6, 6.07) is 3.06. The van der Waals surface area contributed by atoms with E-state index in [0.29, 0.717) is 30.0 Å². The Labute approximate surface area is 119 Å². The van der Waals surface area contributed by atoms with Gasteiger partial charge in [0.05, 0.1) is 17.1 Å². The molecule has 0 amide bonds. The lowest BCUT2D eigenvalue weighted by molar-refractivity contribution is -0.384. The quantitative estimate of drug-likeness (QED) is 0.677. The van der Waals surface area contributed by atoms with Gasteiger partial charge in [-0.2, -0.15) is 0 Å². The minimum absolute atomic E-state index is 0.0943. The van der Waals surface area contributed by atoms with Crippen molar-refractivity contribution in [3.8, 4) is 0 Å². The predicted molar refractivity (Wildman–Crippen MR) is 80.2 cm³/mol. The molecule has 1 saturated heterocycles. The van der Waals surface area contributed by atoms with Crippen molar-refractivity contribution >= 4 is 17.3 Å². The zero-order valence-electron chi connectivity index (χ0n) is 12.3. The molecule has 0 aromatic carbocycles. The molecule has 0 bridgehead atoms. The maximum absolute atomic E-state index is 11.1. The third kappa shape index (κ3) is 3.37. The van der Waals surface area contributed by atoms with E-state index in [0.717, 1.165) is 13.1 Å². The lowest BCUT2D eigenvalue weighted by atomic mass is 9.92. The Kier molecular flexibility index (Phi) is 4.42. The van der Waals surface area contributed by atoms with Gasteiger partial charge >= 0.3 is 0 Å². The molecule has 0 aliphatic carbocycles. The van der Waals surface area contributed by atoms with Crippen molar-refractivity contribution in [3.05, 3.63) is 22.2 Å². The Hall–Kier alpha value is -1.85. The normalized spacial score (nSPS) is 22.6. The fourth-order valence-electron chi connectivity index (χ4n) is 2.89. The molecule has 110 valence electrons. The van der Waals surface area contributed by atoms with Crippen molar-refractivity contribution < 1.29 is 4.92 Å². The van der Waals surface area contributed by atoms with E-state index in [2.05, 4.69) is 29.0 Å². The van der Waals surface area contributed by atoms with Crippen LogP contribution in [0.4, 0.5) is 17.3 Å². The fourth-order valence-corrected chi connectivity index (χ4v) is 2.89. The molecular weight excluding hydrogens is 256 g/mol. The average Bonchev–Trinajstić information content (AvgIpc) is 2.37. The van der Waals surface area contributed by atoms with Crippen LogP contribution >= 0.6 is 0 Å². The van der Waals surface area contributed by atoms with E-state index in [-0.39, 0.29) is 10.6 Å². The van der Waals surface area contributed by atoms with Crippen LogP contribution in [0, 0.1) is 22.0 Å². The van der Waals surface area contributed by atoms with E-state index in [9.17, 15) is 10.1 Å². The van der Waals surface area contributed by atoms with Gasteiger partial charge in [-0.1, -0.05) is 13.8 Å². The van der Waals surface area contributed by atoms with Gasteiger partial charge in [-0.05, 0) is 25.2 Å². The molecule has 1 N–H and O–H groups in total. The van der Waals surface area contributed by atoms with Gasteiger partial charge in [0.2, 0.25) is 0 Å². The number of rotatable bonds is 4. The summed E-state index contributed by atoms with van der Waals surface area (Å²) in [7, 11) is 0. The first-order chi connectivity index (χ1) is 9.49. The first-order valence-corrected chi connectivity index (χ1v) is 7.15. The molecule has 1 aliphatic rings.